The van der Waals surface area contributed by atoms with Crippen LogP contribution >= 0.6 is 35.0 Å². The van der Waals surface area contributed by atoms with Gasteiger partial charge in [-0.2, -0.15) is 13.2 Å². The molecule has 1 atom stereocenters. The standard InChI is InChI=1S/C32H24Cl2F3N3O3S/c1-19(29(41)38-23-12-6-11-22(17-23)32(35,36)37)44-25-14-7-13-24(18-25)39-31(43)27(16-21-10-5-15-26(33)28(21)34)40-30(42)20-8-3-2-4-9-20/h2-19H,1H3,(H,38,41)(H,39,43)(H,40,42)/b27-16+. The van der Waals surface area contributed by atoms with Gasteiger partial charge < -0.3 is 16.0 Å². The van der Waals surface area contributed by atoms with Crippen LogP contribution in [0.1, 0.15) is 28.4 Å². The van der Waals surface area contributed by atoms with Gasteiger partial charge in [-0.25, -0.2) is 0 Å². The molecule has 0 spiro atoms. The highest BCUT2D eigenvalue weighted by atomic mass is 35.5. The third-order valence-corrected chi connectivity index (χ3v) is 7.97. The van der Waals surface area contributed by atoms with Crippen molar-refractivity contribution < 1.29 is 27.6 Å². The number of nitrogens with one attached hydrogen (secondary N) is 3. The SMILES string of the molecule is CC(Sc1cccc(NC(=O)/C(=C\c2cccc(Cl)c2Cl)NC(=O)c2ccccc2)c1)C(=O)Nc1cccc(C(F)(F)F)c1. The molecule has 4 aromatic rings. The highest BCUT2D eigenvalue weighted by Crippen LogP contribution is 2.32. The predicted molar refractivity (Wildman–Crippen MR) is 169 cm³/mol. The van der Waals surface area contributed by atoms with Gasteiger partial charge >= 0.3 is 6.18 Å². The van der Waals surface area contributed by atoms with Gasteiger partial charge in [-0.15, -0.1) is 11.8 Å². The van der Waals surface area contributed by atoms with Crippen molar-refractivity contribution in [1.29, 1.82) is 0 Å². The van der Waals surface area contributed by atoms with Crippen LogP contribution < -0.4 is 16.0 Å². The highest BCUT2D eigenvalue weighted by Gasteiger charge is 2.30. The van der Waals surface area contributed by atoms with E-state index in [-0.39, 0.29) is 21.4 Å². The topological polar surface area (TPSA) is 87.3 Å². The zero-order chi connectivity index (χ0) is 31.9. The van der Waals surface area contributed by atoms with Crippen LogP contribution in [0.4, 0.5) is 24.5 Å². The van der Waals surface area contributed by atoms with Crippen LogP contribution in [0.15, 0.2) is 108 Å². The minimum absolute atomic E-state index is 0.0231. The molecule has 4 aromatic carbocycles. The average Bonchev–Trinajstić information content (AvgIpc) is 2.99. The Kier molecular flexibility index (Phi) is 10.7. The second-order valence-corrected chi connectivity index (χ2v) is 11.5. The van der Waals surface area contributed by atoms with Crippen molar-refractivity contribution in [2.24, 2.45) is 0 Å². The molecular formula is C32H24Cl2F3N3O3S. The molecule has 4 rings (SSSR count). The molecule has 0 radical (unpaired) electrons. The summed E-state index contributed by atoms with van der Waals surface area (Å²) in [6, 6.07) is 24.2. The van der Waals surface area contributed by atoms with E-state index in [2.05, 4.69) is 16.0 Å². The van der Waals surface area contributed by atoms with Crippen LogP contribution in [0.25, 0.3) is 6.08 Å². The Morgan fingerprint density at radius 3 is 2.18 bits per heavy atom. The van der Waals surface area contributed by atoms with Crippen LogP contribution in [0.2, 0.25) is 10.0 Å². The first-order chi connectivity index (χ1) is 20.9. The lowest BCUT2D eigenvalue weighted by Crippen LogP contribution is -2.30. The molecule has 226 valence electrons. The number of halogens is 5. The van der Waals surface area contributed by atoms with Crippen molar-refractivity contribution in [3.63, 3.8) is 0 Å². The fourth-order valence-electron chi connectivity index (χ4n) is 3.85. The minimum Gasteiger partial charge on any atom is -0.325 e. The lowest BCUT2D eigenvalue weighted by atomic mass is 10.1. The molecular weight excluding hydrogens is 634 g/mol. The molecule has 12 heteroatoms. The molecule has 0 aromatic heterocycles. The molecule has 3 N–H and O–H groups in total. The number of anilines is 2. The third kappa shape index (κ3) is 8.89. The van der Waals surface area contributed by atoms with Crippen LogP contribution in [-0.2, 0) is 15.8 Å². The Hall–Kier alpha value is -4.25. The number of carbonyl (C=O) groups excluding carboxylic acids is 3. The second kappa shape index (κ2) is 14.5. The van der Waals surface area contributed by atoms with Crippen molar-refractivity contribution in [3.8, 4) is 0 Å². The van der Waals surface area contributed by atoms with Gasteiger partial charge in [0.25, 0.3) is 11.8 Å². The molecule has 0 aliphatic heterocycles. The van der Waals surface area contributed by atoms with E-state index in [0.717, 1.165) is 23.9 Å². The zero-order valence-corrected chi connectivity index (χ0v) is 25.2. The summed E-state index contributed by atoms with van der Waals surface area (Å²) in [4.78, 5) is 39.6. The normalized spacial score (nSPS) is 12.3. The molecule has 44 heavy (non-hydrogen) atoms. The van der Waals surface area contributed by atoms with Gasteiger partial charge in [-0.3, -0.25) is 14.4 Å². The van der Waals surface area contributed by atoms with E-state index in [0.29, 0.717) is 21.7 Å². The summed E-state index contributed by atoms with van der Waals surface area (Å²) in [5, 5.41) is 7.64. The maximum Gasteiger partial charge on any atom is 0.416 e. The number of hydrogen-bond donors (Lipinski definition) is 3. The molecule has 1 unspecified atom stereocenters. The fourth-order valence-corrected chi connectivity index (χ4v) is 5.14. The molecule has 0 aliphatic rings. The van der Waals surface area contributed by atoms with E-state index in [9.17, 15) is 27.6 Å². The first-order valence-corrected chi connectivity index (χ1v) is 14.6. The van der Waals surface area contributed by atoms with Crippen LogP contribution in [0.3, 0.4) is 0 Å². The number of amides is 3. The van der Waals surface area contributed by atoms with E-state index >= 15 is 0 Å². The van der Waals surface area contributed by atoms with Crippen molar-refractivity contribution >= 4 is 70.1 Å². The van der Waals surface area contributed by atoms with E-state index < -0.39 is 34.7 Å². The summed E-state index contributed by atoms with van der Waals surface area (Å²) in [5.41, 5.74) is 0.152. The van der Waals surface area contributed by atoms with E-state index in [1.54, 1.807) is 79.7 Å². The number of alkyl halides is 3. The molecule has 6 nitrogen and oxygen atoms in total. The molecule has 3 amide bonds. The Labute approximate surface area is 265 Å². The Balaban J connectivity index is 1.49. The Bertz CT molecular complexity index is 1720. The van der Waals surface area contributed by atoms with Gasteiger partial charge in [0.2, 0.25) is 5.91 Å². The van der Waals surface area contributed by atoms with Crippen molar-refractivity contribution in [2.45, 2.75) is 23.2 Å². The lowest BCUT2D eigenvalue weighted by molar-refractivity contribution is -0.137. The number of thioether (sulfide) groups is 1. The van der Waals surface area contributed by atoms with Gasteiger partial charge in [0.05, 0.1) is 20.9 Å². The largest absolute Gasteiger partial charge is 0.416 e. The molecule has 0 saturated carbocycles. The van der Waals surface area contributed by atoms with Crippen molar-refractivity contribution in [3.05, 3.63) is 129 Å². The highest BCUT2D eigenvalue weighted by molar-refractivity contribution is 8.00. The predicted octanol–water partition coefficient (Wildman–Crippen LogP) is 8.54. The summed E-state index contributed by atoms with van der Waals surface area (Å²) in [6.45, 7) is 1.60. The van der Waals surface area contributed by atoms with E-state index in [4.69, 9.17) is 23.2 Å². The van der Waals surface area contributed by atoms with Gasteiger partial charge in [0, 0.05) is 21.8 Å². The van der Waals surface area contributed by atoms with E-state index in [1.807, 2.05) is 0 Å². The van der Waals surface area contributed by atoms with Gasteiger partial charge in [-0.05, 0) is 73.2 Å². The molecule has 0 aliphatic carbocycles. The monoisotopic (exact) mass is 657 g/mol. The van der Waals surface area contributed by atoms with Crippen molar-refractivity contribution in [2.75, 3.05) is 10.6 Å². The van der Waals surface area contributed by atoms with E-state index in [1.165, 1.54) is 18.2 Å². The summed E-state index contributed by atoms with van der Waals surface area (Å²) in [7, 11) is 0. The molecule has 0 heterocycles. The van der Waals surface area contributed by atoms with Gasteiger partial charge in [0.15, 0.2) is 0 Å². The maximum atomic E-state index is 13.4. The Morgan fingerprint density at radius 2 is 1.48 bits per heavy atom. The smallest absolute Gasteiger partial charge is 0.325 e. The molecule has 0 fully saturated rings. The van der Waals surface area contributed by atoms with Crippen LogP contribution in [0.5, 0.6) is 0 Å². The van der Waals surface area contributed by atoms with Gasteiger partial charge in [-0.1, -0.05) is 65.7 Å². The quantitative estimate of drug-likeness (QED) is 0.124. The average molecular weight is 659 g/mol. The summed E-state index contributed by atoms with van der Waals surface area (Å²) >= 11 is 13.6. The first-order valence-electron chi connectivity index (χ1n) is 13.0. The summed E-state index contributed by atoms with van der Waals surface area (Å²) in [6.07, 6.45) is -3.13. The van der Waals surface area contributed by atoms with Crippen molar-refractivity contribution in [1.82, 2.24) is 5.32 Å². The van der Waals surface area contributed by atoms with Gasteiger partial charge in [0.1, 0.15) is 5.70 Å². The number of hydrogen-bond acceptors (Lipinski definition) is 4. The lowest BCUT2D eigenvalue weighted by Gasteiger charge is -2.15. The number of benzene rings is 4. The van der Waals surface area contributed by atoms with Crippen LogP contribution in [-0.4, -0.2) is 23.0 Å². The molecule has 0 bridgehead atoms. The summed E-state index contributed by atoms with van der Waals surface area (Å²) in [5.74, 6) is -1.67. The van der Waals surface area contributed by atoms with Crippen LogP contribution in [0, 0.1) is 0 Å². The zero-order valence-electron chi connectivity index (χ0n) is 22.9. The maximum absolute atomic E-state index is 13.4. The summed E-state index contributed by atoms with van der Waals surface area (Å²) < 4.78 is 39.1. The third-order valence-electron chi connectivity index (χ3n) is 6.04. The number of rotatable bonds is 9. The second-order valence-electron chi connectivity index (χ2n) is 9.33. The first kappa shape index (κ1) is 32.7. The fraction of sp³-hybridized carbons (Fsp3) is 0.0938. The Morgan fingerprint density at radius 1 is 0.818 bits per heavy atom. The molecule has 0 saturated heterocycles. The number of carbonyl (C=O) groups is 3. The minimum atomic E-state index is -4.54.